The van der Waals surface area contributed by atoms with E-state index in [1.807, 2.05) is 50.6 Å². The Morgan fingerprint density at radius 2 is 1.90 bits per heavy atom. The minimum absolute atomic E-state index is 0.0470. The number of hydrogen-bond donors (Lipinski definition) is 1. The monoisotopic (exact) mass is 438 g/mol. The van der Waals surface area contributed by atoms with Crippen molar-refractivity contribution in [2.75, 3.05) is 11.1 Å². The van der Waals surface area contributed by atoms with Gasteiger partial charge >= 0.3 is 0 Å². The molecule has 2 aromatic carbocycles. The molecule has 8 heteroatoms. The number of thioether (sulfide) groups is 1. The number of Topliss-reactive ketones (excluding diaryl/α,β-unsaturated/α-hetero) is 1. The van der Waals surface area contributed by atoms with Crippen molar-refractivity contribution in [3.63, 3.8) is 0 Å². The molecule has 0 aliphatic heterocycles. The van der Waals surface area contributed by atoms with Crippen LogP contribution in [-0.2, 0) is 11.8 Å². The minimum Gasteiger partial charge on any atom is -0.482 e. The van der Waals surface area contributed by atoms with Gasteiger partial charge in [-0.05, 0) is 57.0 Å². The molecule has 1 atom stereocenters. The van der Waals surface area contributed by atoms with Crippen molar-refractivity contribution in [2.45, 2.75) is 39.0 Å². The molecule has 1 aromatic heterocycles. The van der Waals surface area contributed by atoms with Gasteiger partial charge in [-0.15, -0.1) is 10.2 Å². The highest BCUT2D eigenvalue weighted by molar-refractivity contribution is 7.99. The molecule has 0 fully saturated rings. The second-order valence-corrected chi connectivity index (χ2v) is 8.27. The molecule has 0 spiro atoms. The highest BCUT2D eigenvalue weighted by Crippen LogP contribution is 2.27. The molecule has 31 heavy (non-hydrogen) atoms. The van der Waals surface area contributed by atoms with Crippen molar-refractivity contribution >= 4 is 29.1 Å². The van der Waals surface area contributed by atoms with Gasteiger partial charge in [-0.2, -0.15) is 0 Å². The van der Waals surface area contributed by atoms with E-state index in [1.165, 1.54) is 24.2 Å². The van der Waals surface area contributed by atoms with Crippen LogP contribution in [0.1, 0.15) is 47.3 Å². The van der Waals surface area contributed by atoms with Gasteiger partial charge in [0.2, 0.25) is 5.91 Å². The first kappa shape index (κ1) is 22.6. The number of anilines is 1. The fraction of sp³-hybridized carbons (Fsp3) is 0.304. The number of amides is 1. The van der Waals surface area contributed by atoms with E-state index in [2.05, 4.69) is 15.5 Å². The number of ether oxygens (including phenoxy) is 1. The maximum absolute atomic E-state index is 12.3. The van der Waals surface area contributed by atoms with Gasteiger partial charge < -0.3 is 14.6 Å². The largest absolute Gasteiger partial charge is 0.482 e. The summed E-state index contributed by atoms with van der Waals surface area (Å²) in [5.74, 6) is 1.43. The van der Waals surface area contributed by atoms with Gasteiger partial charge in [-0.1, -0.05) is 36.0 Å². The van der Waals surface area contributed by atoms with E-state index in [4.69, 9.17) is 4.74 Å². The van der Waals surface area contributed by atoms with Crippen LogP contribution >= 0.6 is 11.8 Å². The highest BCUT2D eigenvalue weighted by Gasteiger charge is 2.19. The second kappa shape index (κ2) is 9.78. The van der Waals surface area contributed by atoms with E-state index in [1.54, 1.807) is 24.3 Å². The Bertz CT molecular complexity index is 1110. The minimum atomic E-state index is -0.296. The van der Waals surface area contributed by atoms with Crippen LogP contribution in [0.25, 0.3) is 0 Å². The van der Waals surface area contributed by atoms with Crippen LogP contribution in [0.5, 0.6) is 5.75 Å². The molecule has 3 aromatic rings. The zero-order valence-electron chi connectivity index (χ0n) is 18.3. The molecular weight excluding hydrogens is 412 g/mol. The van der Waals surface area contributed by atoms with Gasteiger partial charge in [0.15, 0.2) is 22.9 Å². The molecule has 0 bridgehead atoms. The molecule has 162 valence electrons. The lowest BCUT2D eigenvalue weighted by Gasteiger charge is -2.16. The van der Waals surface area contributed by atoms with Gasteiger partial charge in [-0.3, -0.25) is 9.59 Å². The zero-order valence-corrected chi connectivity index (χ0v) is 19.1. The summed E-state index contributed by atoms with van der Waals surface area (Å²) in [6.07, 6.45) is -0.296. The zero-order chi connectivity index (χ0) is 22.5. The lowest BCUT2D eigenvalue weighted by molar-refractivity contribution is -0.113. The number of nitrogens with one attached hydrogen (secondary N) is 1. The normalized spacial score (nSPS) is 11.8. The topological polar surface area (TPSA) is 86.1 Å². The van der Waals surface area contributed by atoms with Crippen molar-refractivity contribution in [1.29, 1.82) is 0 Å². The molecule has 0 saturated carbocycles. The first-order chi connectivity index (χ1) is 14.8. The summed E-state index contributed by atoms with van der Waals surface area (Å²) in [7, 11) is 1.86. The number of carbonyl (C=O) groups excluding carboxylic acids is 2. The van der Waals surface area contributed by atoms with Crippen LogP contribution < -0.4 is 10.1 Å². The number of aromatic nitrogens is 3. The van der Waals surface area contributed by atoms with Gasteiger partial charge in [0.25, 0.3) is 0 Å². The Labute approximate surface area is 186 Å². The van der Waals surface area contributed by atoms with Crippen molar-refractivity contribution in [2.24, 2.45) is 7.05 Å². The molecule has 0 radical (unpaired) electrons. The van der Waals surface area contributed by atoms with E-state index in [0.717, 1.165) is 11.3 Å². The summed E-state index contributed by atoms with van der Waals surface area (Å²) < 4.78 is 7.94. The molecule has 1 unspecified atom stereocenters. The van der Waals surface area contributed by atoms with Gasteiger partial charge in [0.1, 0.15) is 5.75 Å². The Kier molecular flexibility index (Phi) is 7.12. The molecule has 1 N–H and O–H groups in total. The molecule has 1 heterocycles. The summed E-state index contributed by atoms with van der Waals surface area (Å²) in [6, 6.07) is 12.8. The lowest BCUT2D eigenvalue weighted by Crippen LogP contribution is -2.15. The molecule has 0 aliphatic carbocycles. The molecule has 0 saturated heterocycles. The summed E-state index contributed by atoms with van der Waals surface area (Å²) in [4.78, 5) is 23.8. The predicted octanol–water partition coefficient (Wildman–Crippen LogP) is 4.51. The number of ketones is 1. The Balaban J connectivity index is 1.61. The summed E-state index contributed by atoms with van der Waals surface area (Å²) >= 11 is 1.29. The van der Waals surface area contributed by atoms with Crippen LogP contribution in [0.15, 0.2) is 47.6 Å². The quantitative estimate of drug-likeness (QED) is 0.411. The molecule has 3 rings (SSSR count). The second-order valence-electron chi connectivity index (χ2n) is 7.33. The lowest BCUT2D eigenvalue weighted by atomic mass is 10.1. The SMILES string of the molecule is CC(=O)c1cccc(NC(=O)CSc2nnc(C(C)Oc3cccc(C)c3C)n2C)c1. The van der Waals surface area contributed by atoms with E-state index in [0.29, 0.717) is 22.2 Å². The summed E-state index contributed by atoms with van der Waals surface area (Å²) in [5.41, 5.74) is 3.41. The van der Waals surface area contributed by atoms with Crippen molar-refractivity contribution in [3.8, 4) is 5.75 Å². The number of benzene rings is 2. The van der Waals surface area contributed by atoms with Crippen molar-refractivity contribution in [3.05, 3.63) is 65.0 Å². The third-order valence-electron chi connectivity index (χ3n) is 4.98. The third kappa shape index (κ3) is 5.52. The van der Waals surface area contributed by atoms with Gasteiger partial charge in [0.05, 0.1) is 5.75 Å². The van der Waals surface area contributed by atoms with E-state index in [-0.39, 0.29) is 23.5 Å². The number of aryl methyl sites for hydroxylation is 1. The molecule has 7 nitrogen and oxygen atoms in total. The van der Waals surface area contributed by atoms with Crippen molar-refractivity contribution < 1.29 is 14.3 Å². The predicted molar refractivity (Wildman–Crippen MR) is 122 cm³/mol. The average Bonchev–Trinajstić information content (AvgIpc) is 3.10. The Morgan fingerprint density at radius 1 is 1.16 bits per heavy atom. The number of carbonyl (C=O) groups is 2. The molecule has 1 amide bonds. The van der Waals surface area contributed by atoms with Crippen LogP contribution in [0.2, 0.25) is 0 Å². The number of hydrogen-bond acceptors (Lipinski definition) is 6. The Hall–Kier alpha value is -3.13. The summed E-state index contributed by atoms with van der Waals surface area (Å²) in [5, 5.41) is 11.9. The first-order valence-electron chi connectivity index (χ1n) is 9.92. The van der Waals surface area contributed by atoms with Gasteiger partial charge in [0, 0.05) is 18.3 Å². The van der Waals surface area contributed by atoms with E-state index in [9.17, 15) is 9.59 Å². The van der Waals surface area contributed by atoms with Crippen LogP contribution in [-0.4, -0.2) is 32.2 Å². The van der Waals surface area contributed by atoms with Crippen LogP contribution in [0.4, 0.5) is 5.69 Å². The Morgan fingerprint density at radius 3 is 2.65 bits per heavy atom. The standard InChI is InChI=1S/C23H26N4O3S/c1-14-8-6-11-20(15(14)2)30-17(4)22-25-26-23(27(22)5)31-13-21(29)24-19-10-7-9-18(12-19)16(3)28/h6-12,17H,13H2,1-5H3,(H,24,29). The third-order valence-corrected chi connectivity index (χ3v) is 6.00. The fourth-order valence-corrected chi connectivity index (χ4v) is 3.76. The fourth-order valence-electron chi connectivity index (χ4n) is 3.04. The van der Waals surface area contributed by atoms with E-state index >= 15 is 0 Å². The van der Waals surface area contributed by atoms with Crippen LogP contribution in [0, 0.1) is 13.8 Å². The number of rotatable bonds is 8. The highest BCUT2D eigenvalue weighted by atomic mass is 32.2. The molecule has 0 aliphatic rings. The van der Waals surface area contributed by atoms with Crippen molar-refractivity contribution in [1.82, 2.24) is 14.8 Å². The van der Waals surface area contributed by atoms with Crippen LogP contribution in [0.3, 0.4) is 0 Å². The van der Waals surface area contributed by atoms with Gasteiger partial charge in [-0.25, -0.2) is 0 Å². The average molecular weight is 439 g/mol. The summed E-state index contributed by atoms with van der Waals surface area (Å²) in [6.45, 7) is 7.49. The smallest absolute Gasteiger partial charge is 0.234 e. The number of nitrogens with zero attached hydrogens (tertiary/aromatic N) is 3. The maximum Gasteiger partial charge on any atom is 0.234 e. The van der Waals surface area contributed by atoms with E-state index < -0.39 is 0 Å². The first-order valence-corrected chi connectivity index (χ1v) is 10.9. The molecular formula is C23H26N4O3S. The maximum atomic E-state index is 12.3.